The first kappa shape index (κ1) is 12.3. The summed E-state index contributed by atoms with van der Waals surface area (Å²) in [6.07, 6.45) is 7.40. The Bertz CT molecular complexity index is 210. The molecule has 1 atom stereocenters. The molecule has 94 valence electrons. The van der Waals surface area contributed by atoms with Crippen LogP contribution in [0.15, 0.2) is 0 Å². The van der Waals surface area contributed by atoms with Crippen molar-refractivity contribution >= 4 is 0 Å². The molecule has 2 fully saturated rings. The number of aliphatic hydroxyl groups is 1. The molecule has 0 bridgehead atoms. The predicted molar refractivity (Wildman–Crippen MR) is 66.2 cm³/mol. The van der Waals surface area contributed by atoms with Crippen molar-refractivity contribution in [1.82, 2.24) is 10.2 Å². The van der Waals surface area contributed by atoms with Gasteiger partial charge in [-0.3, -0.25) is 4.90 Å². The number of hydrogen-bond acceptors (Lipinski definition) is 3. The number of hydrogen-bond donors (Lipinski definition) is 2. The maximum atomic E-state index is 10.1. The topological polar surface area (TPSA) is 35.5 Å². The Morgan fingerprint density at radius 1 is 1.19 bits per heavy atom. The van der Waals surface area contributed by atoms with Gasteiger partial charge in [-0.25, -0.2) is 0 Å². The largest absolute Gasteiger partial charge is 0.377 e. The zero-order valence-corrected chi connectivity index (χ0v) is 10.7. The number of aliphatic hydroxyl groups excluding tert-OH is 1. The van der Waals surface area contributed by atoms with Gasteiger partial charge in [-0.15, -0.1) is 0 Å². The van der Waals surface area contributed by atoms with Crippen LogP contribution in [-0.4, -0.2) is 41.9 Å². The van der Waals surface area contributed by atoms with Gasteiger partial charge in [0.1, 0.15) is 6.23 Å². The molecule has 2 aliphatic carbocycles. The number of nitrogens with zero attached hydrogens (tertiary/aromatic N) is 1. The predicted octanol–water partition coefficient (Wildman–Crippen LogP) is 1.57. The van der Waals surface area contributed by atoms with Crippen molar-refractivity contribution < 1.29 is 5.11 Å². The molecule has 2 saturated carbocycles. The lowest BCUT2D eigenvalue weighted by atomic mass is 9.86. The highest BCUT2D eigenvalue weighted by Crippen LogP contribution is 2.27. The normalized spacial score (nSPS) is 33.0. The van der Waals surface area contributed by atoms with E-state index in [0.717, 1.165) is 12.5 Å². The minimum Gasteiger partial charge on any atom is -0.377 e. The van der Waals surface area contributed by atoms with Crippen molar-refractivity contribution in [3.63, 3.8) is 0 Å². The highest BCUT2D eigenvalue weighted by molar-refractivity contribution is 4.83. The van der Waals surface area contributed by atoms with E-state index in [2.05, 4.69) is 24.2 Å². The zero-order chi connectivity index (χ0) is 11.5. The van der Waals surface area contributed by atoms with Crippen LogP contribution < -0.4 is 5.32 Å². The Hall–Kier alpha value is -0.120. The first-order chi connectivity index (χ1) is 7.66. The minimum atomic E-state index is -0.306. The number of nitrogens with one attached hydrogen (secondary N) is 1. The van der Waals surface area contributed by atoms with Gasteiger partial charge in [0.2, 0.25) is 0 Å². The van der Waals surface area contributed by atoms with Crippen LogP contribution >= 0.6 is 0 Å². The van der Waals surface area contributed by atoms with Gasteiger partial charge in [-0.1, -0.05) is 6.92 Å². The van der Waals surface area contributed by atoms with E-state index in [-0.39, 0.29) is 6.23 Å². The second-order valence-corrected chi connectivity index (χ2v) is 5.74. The molecule has 3 nitrogen and oxygen atoms in total. The molecule has 0 aromatic carbocycles. The number of likely N-dealkylation sites (N-methyl/N-ethyl adjacent to an activating group) is 1. The maximum Gasteiger partial charge on any atom is 0.119 e. The van der Waals surface area contributed by atoms with Crippen molar-refractivity contribution in [3.05, 3.63) is 0 Å². The van der Waals surface area contributed by atoms with E-state index in [4.69, 9.17) is 0 Å². The quantitative estimate of drug-likeness (QED) is 0.699. The van der Waals surface area contributed by atoms with Gasteiger partial charge in [0.25, 0.3) is 0 Å². The summed E-state index contributed by atoms with van der Waals surface area (Å²) >= 11 is 0. The van der Waals surface area contributed by atoms with Crippen molar-refractivity contribution in [2.24, 2.45) is 5.92 Å². The van der Waals surface area contributed by atoms with E-state index in [0.29, 0.717) is 12.1 Å². The first-order valence-corrected chi connectivity index (χ1v) is 6.80. The fraction of sp³-hybridized carbons (Fsp3) is 1.00. The molecule has 0 aromatic heterocycles. The van der Waals surface area contributed by atoms with Crippen LogP contribution in [0.2, 0.25) is 0 Å². The average molecular weight is 226 g/mol. The molecule has 0 amide bonds. The minimum absolute atomic E-state index is 0.306. The molecule has 0 aliphatic heterocycles. The molecule has 0 saturated heterocycles. The molecule has 1 unspecified atom stereocenters. The van der Waals surface area contributed by atoms with Gasteiger partial charge < -0.3 is 10.4 Å². The van der Waals surface area contributed by atoms with Crippen molar-refractivity contribution in [2.75, 3.05) is 13.6 Å². The molecule has 0 aromatic rings. The van der Waals surface area contributed by atoms with Gasteiger partial charge in [-0.2, -0.15) is 0 Å². The Labute approximate surface area is 99.2 Å². The van der Waals surface area contributed by atoms with E-state index in [9.17, 15) is 5.11 Å². The van der Waals surface area contributed by atoms with Crippen LogP contribution in [0, 0.1) is 5.92 Å². The number of rotatable bonds is 5. The van der Waals surface area contributed by atoms with Crippen molar-refractivity contribution in [3.8, 4) is 0 Å². The Morgan fingerprint density at radius 2 is 1.81 bits per heavy atom. The highest BCUT2D eigenvalue weighted by atomic mass is 16.3. The highest BCUT2D eigenvalue weighted by Gasteiger charge is 2.27. The second kappa shape index (κ2) is 5.48. The van der Waals surface area contributed by atoms with Crippen molar-refractivity contribution in [2.45, 2.75) is 63.8 Å². The standard InChI is InChI=1S/C13H26N2O/c1-10-3-7-12(8-4-10)15(2)13(16)9-14-11-5-6-11/h10-14,16H,3-9H2,1-2H3. The molecular formula is C13H26N2O. The monoisotopic (exact) mass is 226 g/mol. The van der Waals surface area contributed by atoms with Crippen LogP contribution in [0.1, 0.15) is 45.4 Å². The third kappa shape index (κ3) is 3.44. The van der Waals surface area contributed by atoms with E-state index in [1.807, 2.05) is 0 Å². The van der Waals surface area contributed by atoms with Crippen LogP contribution in [0.3, 0.4) is 0 Å². The molecule has 0 spiro atoms. The van der Waals surface area contributed by atoms with E-state index in [1.165, 1.54) is 38.5 Å². The van der Waals surface area contributed by atoms with Gasteiger partial charge >= 0.3 is 0 Å². The third-order valence-corrected chi connectivity index (χ3v) is 4.20. The molecule has 2 aliphatic rings. The van der Waals surface area contributed by atoms with Crippen LogP contribution in [0.4, 0.5) is 0 Å². The fourth-order valence-corrected chi connectivity index (χ4v) is 2.60. The molecule has 0 radical (unpaired) electrons. The van der Waals surface area contributed by atoms with E-state index in [1.54, 1.807) is 0 Å². The molecular weight excluding hydrogens is 200 g/mol. The maximum absolute atomic E-state index is 10.1. The molecule has 0 heterocycles. The van der Waals surface area contributed by atoms with Crippen LogP contribution in [0.5, 0.6) is 0 Å². The molecule has 16 heavy (non-hydrogen) atoms. The lowest BCUT2D eigenvalue weighted by Gasteiger charge is -2.36. The third-order valence-electron chi connectivity index (χ3n) is 4.20. The van der Waals surface area contributed by atoms with Gasteiger partial charge in [0, 0.05) is 18.6 Å². The first-order valence-electron chi connectivity index (χ1n) is 6.80. The fourth-order valence-electron chi connectivity index (χ4n) is 2.60. The molecule has 2 rings (SSSR count). The second-order valence-electron chi connectivity index (χ2n) is 5.74. The Morgan fingerprint density at radius 3 is 2.38 bits per heavy atom. The average Bonchev–Trinajstić information content (AvgIpc) is 3.10. The molecule has 3 heteroatoms. The lowest BCUT2D eigenvalue weighted by Crippen LogP contribution is -2.47. The smallest absolute Gasteiger partial charge is 0.119 e. The van der Waals surface area contributed by atoms with Gasteiger partial charge in [0.05, 0.1) is 0 Å². The van der Waals surface area contributed by atoms with Crippen LogP contribution in [0.25, 0.3) is 0 Å². The summed E-state index contributed by atoms with van der Waals surface area (Å²) in [6.45, 7) is 3.06. The van der Waals surface area contributed by atoms with Crippen molar-refractivity contribution in [1.29, 1.82) is 0 Å². The van der Waals surface area contributed by atoms with E-state index >= 15 is 0 Å². The van der Waals surface area contributed by atoms with Gasteiger partial charge in [0.15, 0.2) is 0 Å². The summed E-state index contributed by atoms with van der Waals surface area (Å²) in [7, 11) is 2.07. The van der Waals surface area contributed by atoms with Crippen LogP contribution in [-0.2, 0) is 0 Å². The summed E-state index contributed by atoms with van der Waals surface area (Å²) in [6, 6.07) is 1.28. The van der Waals surface area contributed by atoms with Gasteiger partial charge in [-0.05, 0) is 51.5 Å². The summed E-state index contributed by atoms with van der Waals surface area (Å²) in [5.74, 6) is 0.881. The lowest BCUT2D eigenvalue weighted by molar-refractivity contribution is -0.0177. The summed E-state index contributed by atoms with van der Waals surface area (Å²) < 4.78 is 0. The van der Waals surface area contributed by atoms with E-state index < -0.39 is 0 Å². The Balaban J connectivity index is 1.69. The Kier molecular flexibility index (Phi) is 4.22. The summed E-state index contributed by atoms with van der Waals surface area (Å²) in [4.78, 5) is 2.17. The summed E-state index contributed by atoms with van der Waals surface area (Å²) in [5.41, 5.74) is 0. The zero-order valence-electron chi connectivity index (χ0n) is 10.7. The molecule has 2 N–H and O–H groups in total. The summed E-state index contributed by atoms with van der Waals surface area (Å²) in [5, 5.41) is 13.5. The SMILES string of the molecule is CC1CCC(N(C)C(O)CNC2CC2)CC1.